The van der Waals surface area contributed by atoms with Gasteiger partial charge < -0.3 is 0 Å². The lowest BCUT2D eigenvalue weighted by Gasteiger charge is -2.09. The second-order valence-electron chi connectivity index (χ2n) is 3.78. The first-order valence-electron chi connectivity index (χ1n) is 5.24. The SMILES string of the molecule is [B]c1c(I)cccc1-n1cnc2ccccc21. The predicted molar refractivity (Wildman–Crippen MR) is 79.2 cm³/mol. The highest BCUT2D eigenvalue weighted by molar-refractivity contribution is 14.1. The molecule has 0 aliphatic heterocycles. The quantitative estimate of drug-likeness (QED) is 0.495. The maximum absolute atomic E-state index is 6.11. The molecule has 0 fully saturated rings. The number of hydrogen-bond donors (Lipinski definition) is 0. The van der Waals surface area contributed by atoms with E-state index in [1.165, 1.54) is 0 Å². The van der Waals surface area contributed by atoms with E-state index >= 15 is 0 Å². The van der Waals surface area contributed by atoms with Crippen LogP contribution in [0.1, 0.15) is 0 Å². The fourth-order valence-corrected chi connectivity index (χ4v) is 2.37. The van der Waals surface area contributed by atoms with Gasteiger partial charge in [0.2, 0.25) is 0 Å². The highest BCUT2D eigenvalue weighted by Crippen LogP contribution is 2.17. The molecular formula is C13H8BIN2. The van der Waals surface area contributed by atoms with Crippen molar-refractivity contribution in [3.05, 3.63) is 52.4 Å². The number of halogens is 1. The molecule has 0 amide bonds. The summed E-state index contributed by atoms with van der Waals surface area (Å²) in [6.07, 6.45) is 1.81. The van der Waals surface area contributed by atoms with E-state index < -0.39 is 0 Å². The predicted octanol–water partition coefficient (Wildman–Crippen LogP) is 2.42. The Morgan fingerprint density at radius 1 is 1.06 bits per heavy atom. The van der Waals surface area contributed by atoms with E-state index in [4.69, 9.17) is 7.85 Å². The summed E-state index contributed by atoms with van der Waals surface area (Å²) in [7, 11) is 6.11. The zero-order chi connectivity index (χ0) is 11.8. The minimum atomic E-state index is 0.788. The maximum Gasteiger partial charge on any atom is 0.118 e. The summed E-state index contributed by atoms with van der Waals surface area (Å²) in [6, 6.07) is 14.0. The van der Waals surface area contributed by atoms with Crippen LogP contribution in [0.4, 0.5) is 0 Å². The van der Waals surface area contributed by atoms with Gasteiger partial charge in [-0.15, -0.1) is 0 Å². The number of nitrogens with zero attached hydrogens (tertiary/aromatic N) is 2. The van der Waals surface area contributed by atoms with Gasteiger partial charge in [-0.25, -0.2) is 4.98 Å². The van der Waals surface area contributed by atoms with Crippen molar-refractivity contribution in [2.24, 2.45) is 0 Å². The van der Waals surface area contributed by atoms with Gasteiger partial charge in [-0.1, -0.05) is 23.7 Å². The van der Waals surface area contributed by atoms with Crippen LogP contribution >= 0.6 is 22.6 Å². The maximum atomic E-state index is 6.11. The van der Waals surface area contributed by atoms with E-state index in [1.807, 2.05) is 53.4 Å². The summed E-state index contributed by atoms with van der Waals surface area (Å²) in [4.78, 5) is 4.37. The van der Waals surface area contributed by atoms with Crippen LogP contribution in [0, 0.1) is 3.57 Å². The van der Waals surface area contributed by atoms with Gasteiger partial charge in [0, 0.05) is 9.26 Å². The number of aromatic nitrogens is 2. The van der Waals surface area contributed by atoms with Crippen LogP contribution in [0.2, 0.25) is 0 Å². The lowest BCUT2D eigenvalue weighted by Crippen LogP contribution is -2.15. The molecule has 3 aromatic rings. The van der Waals surface area contributed by atoms with Gasteiger partial charge in [-0.05, 0) is 46.9 Å². The monoisotopic (exact) mass is 330 g/mol. The van der Waals surface area contributed by atoms with Crippen molar-refractivity contribution in [1.82, 2.24) is 9.55 Å². The molecule has 0 saturated heterocycles. The molecule has 1 aromatic heterocycles. The van der Waals surface area contributed by atoms with Gasteiger partial charge in [-0.3, -0.25) is 4.57 Å². The molecule has 0 aliphatic carbocycles. The number of fused-ring (bicyclic) bond motifs is 1. The van der Waals surface area contributed by atoms with Crippen molar-refractivity contribution in [3.63, 3.8) is 0 Å². The molecule has 80 valence electrons. The van der Waals surface area contributed by atoms with Crippen molar-refractivity contribution < 1.29 is 0 Å². The van der Waals surface area contributed by atoms with E-state index in [0.29, 0.717) is 0 Å². The molecule has 0 atom stereocenters. The Bertz CT molecular complexity index is 691. The number of benzene rings is 2. The second kappa shape index (κ2) is 4.18. The van der Waals surface area contributed by atoms with Crippen molar-refractivity contribution in [2.75, 3.05) is 0 Å². The van der Waals surface area contributed by atoms with Crippen molar-refractivity contribution >= 4 is 46.9 Å². The minimum Gasteiger partial charge on any atom is -0.299 e. The van der Waals surface area contributed by atoms with Crippen LogP contribution in [0.3, 0.4) is 0 Å². The standard InChI is InChI=1S/C13H8BIN2/c14-13-9(15)4-3-7-12(13)17-8-16-10-5-1-2-6-11(10)17/h1-8H. The summed E-state index contributed by atoms with van der Waals surface area (Å²) in [6.45, 7) is 0. The van der Waals surface area contributed by atoms with E-state index in [0.717, 1.165) is 25.8 Å². The van der Waals surface area contributed by atoms with Gasteiger partial charge >= 0.3 is 0 Å². The first-order valence-corrected chi connectivity index (χ1v) is 6.31. The van der Waals surface area contributed by atoms with Gasteiger partial charge in [0.1, 0.15) is 14.2 Å². The van der Waals surface area contributed by atoms with Crippen molar-refractivity contribution in [1.29, 1.82) is 0 Å². The Balaban J connectivity index is 2.31. The Morgan fingerprint density at radius 2 is 1.88 bits per heavy atom. The Labute approximate surface area is 114 Å². The Kier molecular flexibility index (Phi) is 2.66. The molecule has 2 nitrogen and oxygen atoms in total. The molecule has 0 spiro atoms. The van der Waals surface area contributed by atoms with E-state index in [9.17, 15) is 0 Å². The third-order valence-electron chi connectivity index (χ3n) is 2.74. The molecule has 2 radical (unpaired) electrons. The summed E-state index contributed by atoms with van der Waals surface area (Å²) in [5.41, 5.74) is 3.81. The van der Waals surface area contributed by atoms with Crippen molar-refractivity contribution in [3.8, 4) is 5.69 Å². The number of rotatable bonds is 1. The number of imidazole rings is 1. The summed E-state index contributed by atoms with van der Waals surface area (Å²) >= 11 is 2.24. The summed E-state index contributed by atoms with van der Waals surface area (Å²) in [5, 5.41) is 0. The Hall–Kier alpha value is -1.30. The molecular weight excluding hydrogens is 322 g/mol. The van der Waals surface area contributed by atoms with E-state index in [1.54, 1.807) is 0 Å². The van der Waals surface area contributed by atoms with Gasteiger partial charge in [-0.2, -0.15) is 0 Å². The topological polar surface area (TPSA) is 17.8 Å². The molecule has 0 unspecified atom stereocenters. The van der Waals surface area contributed by atoms with Crippen LogP contribution in [0.5, 0.6) is 0 Å². The van der Waals surface area contributed by atoms with Gasteiger partial charge in [0.05, 0.1) is 11.0 Å². The molecule has 0 saturated carbocycles. The zero-order valence-electron chi connectivity index (χ0n) is 8.97. The molecule has 17 heavy (non-hydrogen) atoms. The average Bonchev–Trinajstić information content (AvgIpc) is 2.77. The van der Waals surface area contributed by atoms with Crippen LogP contribution in [0.25, 0.3) is 16.7 Å². The van der Waals surface area contributed by atoms with Crippen LogP contribution in [0.15, 0.2) is 48.8 Å². The van der Waals surface area contributed by atoms with E-state index in [2.05, 4.69) is 27.6 Å². The lowest BCUT2D eigenvalue weighted by atomic mass is 9.94. The molecule has 0 aliphatic rings. The van der Waals surface area contributed by atoms with Crippen LogP contribution in [-0.4, -0.2) is 17.4 Å². The normalized spacial score (nSPS) is 10.9. The highest BCUT2D eigenvalue weighted by Gasteiger charge is 2.07. The third kappa shape index (κ3) is 1.76. The summed E-state index contributed by atoms with van der Waals surface area (Å²) < 4.78 is 3.07. The third-order valence-corrected chi connectivity index (χ3v) is 3.68. The minimum absolute atomic E-state index is 0.788. The van der Waals surface area contributed by atoms with Crippen LogP contribution in [-0.2, 0) is 0 Å². The average molecular weight is 330 g/mol. The molecule has 0 N–H and O–H groups in total. The van der Waals surface area contributed by atoms with Crippen molar-refractivity contribution in [2.45, 2.75) is 0 Å². The van der Waals surface area contributed by atoms with Gasteiger partial charge in [0.25, 0.3) is 0 Å². The Morgan fingerprint density at radius 3 is 2.76 bits per heavy atom. The largest absolute Gasteiger partial charge is 0.299 e. The molecule has 3 rings (SSSR count). The smallest absolute Gasteiger partial charge is 0.118 e. The fourth-order valence-electron chi connectivity index (χ4n) is 1.89. The number of hydrogen-bond acceptors (Lipinski definition) is 1. The molecule has 1 heterocycles. The highest BCUT2D eigenvalue weighted by atomic mass is 127. The number of para-hydroxylation sites is 2. The molecule has 0 bridgehead atoms. The summed E-state index contributed by atoms with van der Waals surface area (Å²) in [5.74, 6) is 0. The fraction of sp³-hybridized carbons (Fsp3) is 0. The first-order chi connectivity index (χ1) is 8.27. The van der Waals surface area contributed by atoms with Crippen LogP contribution < -0.4 is 5.46 Å². The zero-order valence-corrected chi connectivity index (χ0v) is 11.1. The first kappa shape index (κ1) is 10.8. The van der Waals surface area contributed by atoms with E-state index in [-0.39, 0.29) is 0 Å². The second-order valence-corrected chi connectivity index (χ2v) is 4.94. The van der Waals surface area contributed by atoms with Gasteiger partial charge in [0.15, 0.2) is 0 Å². The lowest BCUT2D eigenvalue weighted by molar-refractivity contribution is 1.10. The molecule has 4 heteroatoms. The molecule has 2 aromatic carbocycles.